The van der Waals surface area contributed by atoms with Gasteiger partial charge in [0.2, 0.25) is 0 Å². The lowest BCUT2D eigenvalue weighted by Gasteiger charge is -2.14. The molecule has 4 rings (SSSR count). The molecule has 0 radical (unpaired) electrons. The third kappa shape index (κ3) is 4.22. The van der Waals surface area contributed by atoms with E-state index in [4.69, 9.17) is 4.74 Å². The Kier molecular flexibility index (Phi) is 6.23. The van der Waals surface area contributed by atoms with Crippen LogP contribution in [0.5, 0.6) is 11.5 Å². The quantitative estimate of drug-likeness (QED) is 0.239. The van der Waals surface area contributed by atoms with Crippen LogP contribution in [0.2, 0.25) is 0 Å². The van der Waals surface area contributed by atoms with Crippen molar-refractivity contribution in [2.75, 3.05) is 6.61 Å². The minimum absolute atomic E-state index is 0.00464. The van der Waals surface area contributed by atoms with E-state index in [-0.39, 0.29) is 23.6 Å². The molecule has 8 heteroatoms. The molecule has 0 atom stereocenters. The maximum atomic E-state index is 12.8. The van der Waals surface area contributed by atoms with Crippen molar-refractivity contribution in [1.82, 2.24) is 9.99 Å². The van der Waals surface area contributed by atoms with E-state index < -0.39 is 0 Å². The predicted octanol–water partition coefficient (Wildman–Crippen LogP) is 4.17. The monoisotopic (exact) mass is 493 g/mol. The van der Waals surface area contributed by atoms with Gasteiger partial charge < -0.3 is 14.4 Å². The summed E-state index contributed by atoms with van der Waals surface area (Å²) in [5.41, 5.74) is 4.46. The van der Waals surface area contributed by atoms with E-state index in [0.717, 1.165) is 0 Å². The molecular formula is C24H20BrN3O4. The minimum Gasteiger partial charge on any atom is -0.503 e. The first-order valence-electron chi connectivity index (χ1n) is 9.97. The van der Waals surface area contributed by atoms with Crippen molar-refractivity contribution < 1.29 is 14.6 Å². The Morgan fingerprint density at radius 1 is 1.12 bits per heavy atom. The van der Waals surface area contributed by atoms with Gasteiger partial charge in [0, 0.05) is 10.8 Å². The van der Waals surface area contributed by atoms with E-state index >= 15 is 0 Å². The summed E-state index contributed by atoms with van der Waals surface area (Å²) in [6.07, 6.45) is 1.46. The second-order valence-corrected chi connectivity index (χ2v) is 7.88. The molecule has 0 bridgehead atoms. The number of carbonyl (C=O) groups excluding carboxylic acids is 1. The summed E-state index contributed by atoms with van der Waals surface area (Å²) >= 11 is 3.28. The third-order valence-electron chi connectivity index (χ3n) is 4.93. The average molecular weight is 494 g/mol. The molecule has 0 saturated carbocycles. The number of para-hydroxylation sites is 2. The highest BCUT2D eigenvalue weighted by Gasteiger charge is 2.13. The van der Waals surface area contributed by atoms with Gasteiger partial charge in [-0.1, -0.05) is 24.3 Å². The fraction of sp³-hybridized carbons (Fsp3) is 0.125. The highest BCUT2D eigenvalue weighted by Crippen LogP contribution is 2.35. The Balaban J connectivity index is 1.60. The van der Waals surface area contributed by atoms with Crippen molar-refractivity contribution >= 4 is 49.9 Å². The summed E-state index contributed by atoms with van der Waals surface area (Å²) in [4.78, 5) is 25.5. The molecule has 3 aromatic carbocycles. The van der Waals surface area contributed by atoms with Gasteiger partial charge in [-0.25, -0.2) is 5.43 Å². The molecule has 0 fully saturated rings. The normalized spacial score (nSPS) is 11.3. The SMILES string of the molecule is CCOc1cc(/C=N\NC(=O)Cn2c3ccccc3c(=O)c3ccccc32)cc(Br)c1O. The lowest BCUT2D eigenvalue weighted by molar-refractivity contribution is -0.121. The Labute approximate surface area is 192 Å². The smallest absolute Gasteiger partial charge is 0.260 e. The van der Waals surface area contributed by atoms with E-state index in [9.17, 15) is 14.7 Å². The first kappa shape index (κ1) is 21.6. The maximum absolute atomic E-state index is 12.8. The molecule has 0 saturated heterocycles. The molecule has 0 aliphatic heterocycles. The van der Waals surface area contributed by atoms with E-state index in [0.29, 0.717) is 44.2 Å². The van der Waals surface area contributed by atoms with Gasteiger partial charge in [-0.15, -0.1) is 0 Å². The van der Waals surface area contributed by atoms with Gasteiger partial charge >= 0.3 is 0 Å². The number of rotatable bonds is 6. The summed E-state index contributed by atoms with van der Waals surface area (Å²) in [5.74, 6) is -0.0195. The van der Waals surface area contributed by atoms with E-state index in [1.54, 1.807) is 41.0 Å². The molecule has 0 unspecified atom stereocenters. The number of benzene rings is 3. The summed E-state index contributed by atoms with van der Waals surface area (Å²) in [6.45, 7) is 2.21. The number of fused-ring (bicyclic) bond motifs is 2. The number of aromatic nitrogens is 1. The Hall–Kier alpha value is -3.65. The fourth-order valence-electron chi connectivity index (χ4n) is 3.54. The van der Waals surface area contributed by atoms with Gasteiger partial charge in [-0.3, -0.25) is 9.59 Å². The number of phenols is 1. The van der Waals surface area contributed by atoms with Crippen LogP contribution in [0.3, 0.4) is 0 Å². The van der Waals surface area contributed by atoms with Crippen LogP contribution in [0.4, 0.5) is 0 Å². The highest BCUT2D eigenvalue weighted by atomic mass is 79.9. The van der Waals surface area contributed by atoms with Crippen molar-refractivity contribution in [3.8, 4) is 11.5 Å². The highest BCUT2D eigenvalue weighted by molar-refractivity contribution is 9.10. The molecule has 7 nitrogen and oxygen atoms in total. The van der Waals surface area contributed by atoms with Crippen molar-refractivity contribution in [1.29, 1.82) is 0 Å². The van der Waals surface area contributed by atoms with Gasteiger partial charge in [-0.2, -0.15) is 5.10 Å². The van der Waals surface area contributed by atoms with Crippen LogP contribution in [-0.4, -0.2) is 28.4 Å². The number of ether oxygens (including phenoxy) is 1. The minimum atomic E-state index is -0.344. The van der Waals surface area contributed by atoms with Crippen LogP contribution in [0.1, 0.15) is 12.5 Å². The van der Waals surface area contributed by atoms with E-state index in [1.807, 2.05) is 31.2 Å². The average Bonchev–Trinajstić information content (AvgIpc) is 2.80. The van der Waals surface area contributed by atoms with Crippen molar-refractivity contribution in [2.45, 2.75) is 13.5 Å². The maximum Gasteiger partial charge on any atom is 0.260 e. The topological polar surface area (TPSA) is 92.9 Å². The van der Waals surface area contributed by atoms with Crippen molar-refractivity contribution in [3.05, 3.63) is 80.9 Å². The van der Waals surface area contributed by atoms with Crippen LogP contribution in [0.25, 0.3) is 21.8 Å². The fourth-order valence-corrected chi connectivity index (χ4v) is 4.00. The molecular weight excluding hydrogens is 474 g/mol. The number of hydrazone groups is 1. The van der Waals surface area contributed by atoms with E-state index in [1.165, 1.54) is 6.21 Å². The lowest BCUT2D eigenvalue weighted by Crippen LogP contribution is -2.25. The largest absolute Gasteiger partial charge is 0.503 e. The number of nitrogens with zero attached hydrogens (tertiary/aromatic N) is 2. The summed E-state index contributed by atoms with van der Waals surface area (Å²) in [6, 6.07) is 17.7. The molecule has 2 N–H and O–H groups in total. The van der Waals surface area contributed by atoms with Crippen molar-refractivity contribution in [2.24, 2.45) is 5.10 Å². The number of aromatic hydroxyl groups is 1. The molecule has 0 spiro atoms. The number of phenolic OH excluding ortho intramolecular Hbond substituents is 1. The second kappa shape index (κ2) is 9.23. The first-order valence-corrected chi connectivity index (χ1v) is 10.8. The molecule has 162 valence electrons. The van der Waals surface area contributed by atoms with Gasteiger partial charge in [-0.05, 0) is 64.8 Å². The number of halogens is 1. The first-order chi connectivity index (χ1) is 15.5. The van der Waals surface area contributed by atoms with Crippen LogP contribution < -0.4 is 15.6 Å². The molecule has 32 heavy (non-hydrogen) atoms. The molecule has 4 aromatic rings. The number of hydrogen-bond donors (Lipinski definition) is 2. The summed E-state index contributed by atoms with van der Waals surface area (Å²) < 4.78 is 7.67. The van der Waals surface area contributed by atoms with Crippen LogP contribution in [0, 0.1) is 0 Å². The lowest BCUT2D eigenvalue weighted by atomic mass is 10.1. The van der Waals surface area contributed by atoms with Gasteiger partial charge in [0.15, 0.2) is 16.9 Å². The number of pyridine rings is 1. The zero-order valence-corrected chi connectivity index (χ0v) is 18.8. The van der Waals surface area contributed by atoms with Gasteiger partial charge in [0.25, 0.3) is 5.91 Å². The van der Waals surface area contributed by atoms with E-state index in [2.05, 4.69) is 26.5 Å². The molecule has 0 aliphatic carbocycles. The Morgan fingerprint density at radius 2 is 1.75 bits per heavy atom. The third-order valence-corrected chi connectivity index (χ3v) is 5.54. The number of nitrogens with one attached hydrogen (secondary N) is 1. The zero-order valence-electron chi connectivity index (χ0n) is 17.2. The molecule has 0 aliphatic rings. The van der Waals surface area contributed by atoms with Gasteiger partial charge in [0.1, 0.15) is 6.54 Å². The zero-order chi connectivity index (χ0) is 22.7. The molecule has 1 aromatic heterocycles. The summed E-state index contributed by atoms with van der Waals surface area (Å²) in [5, 5.41) is 15.2. The Morgan fingerprint density at radius 3 is 2.38 bits per heavy atom. The van der Waals surface area contributed by atoms with Crippen LogP contribution in [-0.2, 0) is 11.3 Å². The Bertz CT molecular complexity index is 1350. The number of hydrogen-bond acceptors (Lipinski definition) is 5. The van der Waals surface area contributed by atoms with Crippen molar-refractivity contribution in [3.63, 3.8) is 0 Å². The van der Waals surface area contributed by atoms with Crippen LogP contribution in [0.15, 0.2) is 75.0 Å². The number of amides is 1. The predicted molar refractivity (Wildman–Crippen MR) is 128 cm³/mol. The van der Waals surface area contributed by atoms with Gasteiger partial charge in [0.05, 0.1) is 28.3 Å². The standard InChI is InChI=1S/C24H20BrN3O4/c1-2-32-21-12-15(11-18(25)24(21)31)13-26-27-22(29)14-28-19-9-5-3-7-16(19)23(30)17-8-4-6-10-20(17)28/h3-13,31H,2,14H2,1H3,(H,27,29)/b26-13-. The second-order valence-electron chi connectivity index (χ2n) is 7.03. The molecule has 1 amide bonds. The number of carbonyl (C=O) groups is 1. The molecule has 1 heterocycles. The van der Waals surface area contributed by atoms with Crippen LogP contribution >= 0.6 is 15.9 Å². The summed E-state index contributed by atoms with van der Waals surface area (Å²) in [7, 11) is 0.